The van der Waals surface area contributed by atoms with Crippen LogP contribution in [0.15, 0.2) is 17.0 Å². The SMILES string of the molecule is C#CCOc1c(I)cc(/C=C2/SC(=O)N(CC#C)C2=O)cc1OC. The second-order valence-corrected chi connectivity index (χ2v) is 6.65. The van der Waals surface area contributed by atoms with Crippen molar-refractivity contribution >= 4 is 51.6 Å². The van der Waals surface area contributed by atoms with Crippen LogP contribution < -0.4 is 9.47 Å². The third kappa shape index (κ3) is 3.86. The van der Waals surface area contributed by atoms with Gasteiger partial charge in [0.2, 0.25) is 0 Å². The predicted molar refractivity (Wildman–Crippen MR) is 102 cm³/mol. The number of terminal acetylenes is 2. The Morgan fingerprint density at radius 2 is 2.08 bits per heavy atom. The molecule has 122 valence electrons. The standard InChI is InChI=1S/C17H12INO4S/c1-4-6-19-16(20)14(24-17(19)21)10-11-8-12(18)15(23-7-5-2)13(9-11)22-3/h1-2,8-10H,6-7H2,3H3/b14-10+. The summed E-state index contributed by atoms with van der Waals surface area (Å²) in [6.45, 7) is 0.0818. The van der Waals surface area contributed by atoms with Gasteiger partial charge >= 0.3 is 0 Å². The third-order valence-electron chi connectivity index (χ3n) is 2.97. The van der Waals surface area contributed by atoms with Crippen molar-refractivity contribution in [2.24, 2.45) is 0 Å². The van der Waals surface area contributed by atoms with E-state index in [0.29, 0.717) is 22.0 Å². The van der Waals surface area contributed by atoms with Gasteiger partial charge in [-0.15, -0.1) is 12.8 Å². The fourth-order valence-corrected chi connectivity index (χ4v) is 3.58. The smallest absolute Gasteiger partial charge is 0.294 e. The first kappa shape index (κ1) is 18.2. The Balaban J connectivity index is 2.35. The van der Waals surface area contributed by atoms with Crippen molar-refractivity contribution in [2.45, 2.75) is 0 Å². The zero-order valence-electron chi connectivity index (χ0n) is 12.7. The Bertz CT molecular complexity index is 804. The van der Waals surface area contributed by atoms with Crippen molar-refractivity contribution in [3.63, 3.8) is 0 Å². The van der Waals surface area contributed by atoms with Crippen molar-refractivity contribution in [1.82, 2.24) is 4.90 Å². The second kappa shape index (κ2) is 8.13. The Morgan fingerprint density at radius 1 is 1.33 bits per heavy atom. The van der Waals surface area contributed by atoms with Gasteiger partial charge in [-0.3, -0.25) is 14.5 Å². The summed E-state index contributed by atoms with van der Waals surface area (Å²) >= 11 is 2.95. The van der Waals surface area contributed by atoms with E-state index in [4.69, 9.17) is 22.3 Å². The highest BCUT2D eigenvalue weighted by molar-refractivity contribution is 14.1. The maximum Gasteiger partial charge on any atom is 0.294 e. The molecule has 0 unspecified atom stereocenters. The van der Waals surface area contributed by atoms with Gasteiger partial charge in [0.1, 0.15) is 6.61 Å². The summed E-state index contributed by atoms with van der Waals surface area (Å²) in [4.78, 5) is 25.3. The van der Waals surface area contributed by atoms with E-state index in [1.54, 1.807) is 12.1 Å². The van der Waals surface area contributed by atoms with Crippen molar-refractivity contribution in [3.8, 4) is 36.2 Å². The second-order valence-electron chi connectivity index (χ2n) is 4.50. The van der Waals surface area contributed by atoms with Crippen molar-refractivity contribution in [2.75, 3.05) is 20.3 Å². The molecule has 0 radical (unpaired) electrons. The maximum absolute atomic E-state index is 12.2. The van der Waals surface area contributed by atoms with Gasteiger partial charge in [-0.25, -0.2) is 0 Å². The van der Waals surface area contributed by atoms with E-state index in [1.165, 1.54) is 7.11 Å². The van der Waals surface area contributed by atoms with Crippen LogP contribution in [-0.4, -0.2) is 36.3 Å². The number of carbonyl (C=O) groups excluding carboxylic acids is 2. The molecular weight excluding hydrogens is 441 g/mol. The zero-order valence-corrected chi connectivity index (χ0v) is 15.6. The van der Waals surface area contributed by atoms with E-state index >= 15 is 0 Å². The minimum absolute atomic E-state index is 0.0400. The lowest BCUT2D eigenvalue weighted by Crippen LogP contribution is -2.28. The molecule has 5 nitrogen and oxygen atoms in total. The molecule has 0 aliphatic carbocycles. The minimum atomic E-state index is -0.399. The molecule has 1 aromatic rings. The fourth-order valence-electron chi connectivity index (χ4n) is 1.96. The number of ether oxygens (including phenoxy) is 2. The highest BCUT2D eigenvalue weighted by atomic mass is 127. The number of imide groups is 1. The largest absolute Gasteiger partial charge is 0.493 e. The van der Waals surface area contributed by atoms with Crippen LogP contribution in [0.3, 0.4) is 0 Å². The van der Waals surface area contributed by atoms with Crippen LogP contribution in [0.1, 0.15) is 5.56 Å². The number of methoxy groups -OCH3 is 1. The number of benzene rings is 1. The molecule has 2 rings (SSSR count). The average molecular weight is 453 g/mol. The molecule has 0 spiro atoms. The van der Waals surface area contributed by atoms with Gasteiger partial charge in [-0.2, -0.15) is 0 Å². The van der Waals surface area contributed by atoms with Gasteiger partial charge in [0.05, 0.1) is 22.1 Å². The first-order valence-corrected chi connectivity index (χ1v) is 8.54. The summed E-state index contributed by atoms with van der Waals surface area (Å²) in [5.41, 5.74) is 0.704. The first-order valence-electron chi connectivity index (χ1n) is 6.64. The summed E-state index contributed by atoms with van der Waals surface area (Å²) in [6.07, 6.45) is 12.0. The van der Waals surface area contributed by atoms with Gasteiger partial charge in [-0.1, -0.05) is 11.8 Å². The summed E-state index contributed by atoms with van der Waals surface area (Å²) in [5, 5.41) is -0.375. The van der Waals surface area contributed by atoms with E-state index in [1.807, 2.05) is 6.07 Å². The molecule has 1 heterocycles. The number of amides is 2. The molecule has 0 saturated carbocycles. The molecular formula is C17H12INO4S. The van der Waals surface area contributed by atoms with Gasteiger partial charge < -0.3 is 9.47 Å². The lowest BCUT2D eigenvalue weighted by molar-refractivity contribution is -0.122. The molecule has 2 amide bonds. The first-order chi connectivity index (χ1) is 11.5. The molecule has 1 fully saturated rings. The van der Waals surface area contributed by atoms with Gasteiger partial charge in [-0.05, 0) is 58.1 Å². The number of thioether (sulfide) groups is 1. The summed E-state index contributed by atoms with van der Waals surface area (Å²) in [5.74, 6) is 5.32. The maximum atomic E-state index is 12.2. The Hall–Kier alpha value is -2.10. The average Bonchev–Trinajstić information content (AvgIpc) is 2.81. The van der Waals surface area contributed by atoms with Crippen molar-refractivity contribution in [3.05, 3.63) is 26.2 Å². The summed E-state index contributed by atoms with van der Waals surface area (Å²) in [6, 6.07) is 3.52. The number of halogens is 1. The monoisotopic (exact) mass is 453 g/mol. The molecule has 0 aromatic heterocycles. The fraction of sp³-hybridized carbons (Fsp3) is 0.176. The molecule has 7 heteroatoms. The predicted octanol–water partition coefficient (Wildman–Crippen LogP) is 2.98. The molecule has 0 bridgehead atoms. The Morgan fingerprint density at radius 3 is 2.71 bits per heavy atom. The third-order valence-corrected chi connectivity index (χ3v) is 4.68. The molecule has 24 heavy (non-hydrogen) atoms. The van der Waals surface area contributed by atoms with E-state index in [9.17, 15) is 9.59 Å². The van der Waals surface area contributed by atoms with E-state index in [0.717, 1.165) is 20.2 Å². The quantitative estimate of drug-likeness (QED) is 0.390. The lowest BCUT2D eigenvalue weighted by Gasteiger charge is -2.12. The Labute approximate surface area is 157 Å². The number of hydrogen-bond acceptors (Lipinski definition) is 5. The molecule has 1 saturated heterocycles. The normalized spacial score (nSPS) is 15.3. The minimum Gasteiger partial charge on any atom is -0.493 e. The van der Waals surface area contributed by atoms with E-state index in [2.05, 4.69) is 34.4 Å². The van der Waals surface area contributed by atoms with Crippen LogP contribution in [0.5, 0.6) is 11.5 Å². The van der Waals surface area contributed by atoms with Crippen LogP contribution in [0, 0.1) is 28.3 Å². The Kier molecular flexibility index (Phi) is 6.18. The van der Waals surface area contributed by atoms with Crippen LogP contribution >= 0.6 is 34.4 Å². The lowest BCUT2D eigenvalue weighted by atomic mass is 10.2. The summed E-state index contributed by atoms with van der Waals surface area (Å²) < 4.78 is 11.6. The van der Waals surface area contributed by atoms with Crippen molar-refractivity contribution < 1.29 is 19.1 Å². The van der Waals surface area contributed by atoms with Crippen LogP contribution in [0.25, 0.3) is 6.08 Å². The molecule has 0 atom stereocenters. The molecule has 0 N–H and O–H groups in total. The number of nitrogens with zero attached hydrogens (tertiary/aromatic N) is 1. The summed E-state index contributed by atoms with van der Waals surface area (Å²) in [7, 11) is 1.51. The topological polar surface area (TPSA) is 55.8 Å². The van der Waals surface area contributed by atoms with Crippen LogP contribution in [0.4, 0.5) is 4.79 Å². The van der Waals surface area contributed by atoms with Gasteiger partial charge in [0.25, 0.3) is 11.1 Å². The van der Waals surface area contributed by atoms with Crippen LogP contribution in [-0.2, 0) is 4.79 Å². The van der Waals surface area contributed by atoms with E-state index in [-0.39, 0.29) is 18.4 Å². The highest BCUT2D eigenvalue weighted by Crippen LogP contribution is 2.37. The van der Waals surface area contributed by atoms with Gasteiger partial charge in [0, 0.05) is 0 Å². The zero-order chi connectivity index (χ0) is 17.7. The van der Waals surface area contributed by atoms with Crippen molar-refractivity contribution in [1.29, 1.82) is 0 Å². The molecule has 1 aliphatic rings. The highest BCUT2D eigenvalue weighted by Gasteiger charge is 2.34. The molecule has 1 aromatic carbocycles. The van der Waals surface area contributed by atoms with Crippen LogP contribution in [0.2, 0.25) is 0 Å². The number of rotatable bonds is 5. The number of carbonyl (C=O) groups is 2. The van der Waals surface area contributed by atoms with Gasteiger partial charge in [0.15, 0.2) is 11.5 Å². The van der Waals surface area contributed by atoms with E-state index < -0.39 is 5.91 Å². The molecule has 1 aliphatic heterocycles. The number of hydrogen-bond donors (Lipinski definition) is 0.